The van der Waals surface area contributed by atoms with Crippen LogP contribution in [-0.4, -0.2) is 26.0 Å². The highest BCUT2D eigenvalue weighted by Gasteiger charge is 2.46. The summed E-state index contributed by atoms with van der Waals surface area (Å²) in [4.78, 5) is 5.34. The second-order valence-electron chi connectivity index (χ2n) is 6.63. The highest BCUT2D eigenvalue weighted by Crippen LogP contribution is 2.50. The molecule has 2 atom stereocenters. The second-order valence-corrected chi connectivity index (χ2v) is 9.43. The van der Waals surface area contributed by atoms with Crippen LogP contribution in [0.2, 0.25) is 0 Å². The summed E-state index contributed by atoms with van der Waals surface area (Å²) in [6.07, 6.45) is 5.09. The van der Waals surface area contributed by atoms with Crippen molar-refractivity contribution in [1.29, 1.82) is 0 Å². The molecule has 0 radical (unpaired) electrons. The number of fused-ring (bicyclic) bond motifs is 1. The normalized spacial score (nSPS) is 29.1. The Morgan fingerprint density at radius 1 is 1.27 bits per heavy atom. The minimum Gasteiger partial charge on any atom is -0.361 e. The van der Waals surface area contributed by atoms with E-state index in [-0.39, 0.29) is 4.87 Å². The predicted molar refractivity (Wildman–Crippen MR) is 106 cm³/mol. The minimum atomic E-state index is -0.453. The van der Waals surface area contributed by atoms with Crippen LogP contribution in [-0.2, 0) is 6.42 Å². The lowest BCUT2D eigenvalue weighted by Gasteiger charge is -2.51. The van der Waals surface area contributed by atoms with Gasteiger partial charge >= 0.3 is 0 Å². The number of rotatable bonds is 2. The number of hydrogen-bond acceptors (Lipinski definition) is 4. The average Bonchev–Trinajstić information content (AvgIpc) is 2.86. The predicted octanol–water partition coefficient (Wildman–Crippen LogP) is 4.70. The van der Waals surface area contributed by atoms with Crippen molar-refractivity contribution in [3.05, 3.63) is 35.5 Å². The van der Waals surface area contributed by atoms with E-state index in [0.29, 0.717) is 5.92 Å². The Bertz CT molecular complexity index is 672. The summed E-state index contributed by atoms with van der Waals surface area (Å²) in [6, 6.07) is 6.69. The Morgan fingerprint density at radius 2 is 2.00 bits per heavy atom. The summed E-state index contributed by atoms with van der Waals surface area (Å²) in [6.45, 7) is 4.34. The Hall–Kier alpha value is -0.230. The molecular weight excluding hydrogens is 328 g/mol. The second kappa shape index (κ2) is 5.69. The standard InChI is InChI=1S/C17H24N2S3/c1-4-11-5-6-15-13(7-11)14(10-18-15)12-8-16(2,20)19(3)17(21,22)9-12/h5-7,10,12,18,20-22H,4,8-9H2,1-3H3. The third-order valence-corrected chi connectivity index (χ3v) is 6.49. The van der Waals surface area contributed by atoms with Gasteiger partial charge in [-0.3, -0.25) is 4.90 Å². The summed E-state index contributed by atoms with van der Waals surface area (Å²) in [5.74, 6) is 0.398. The number of nitrogens with one attached hydrogen (secondary N) is 1. The van der Waals surface area contributed by atoms with Crippen molar-refractivity contribution < 1.29 is 0 Å². The van der Waals surface area contributed by atoms with Crippen LogP contribution >= 0.6 is 37.9 Å². The third kappa shape index (κ3) is 2.81. The average molecular weight is 353 g/mol. The first kappa shape index (κ1) is 16.6. The Balaban J connectivity index is 2.04. The van der Waals surface area contributed by atoms with E-state index in [4.69, 9.17) is 37.9 Å². The van der Waals surface area contributed by atoms with Crippen LogP contribution in [0.25, 0.3) is 10.9 Å². The van der Waals surface area contributed by atoms with Gasteiger partial charge in [-0.05, 0) is 62.4 Å². The molecular formula is C17H24N2S3. The molecule has 0 aliphatic carbocycles. The number of benzene rings is 1. The van der Waals surface area contributed by atoms with Crippen molar-refractivity contribution in [2.75, 3.05) is 7.05 Å². The lowest BCUT2D eigenvalue weighted by atomic mass is 9.85. The van der Waals surface area contributed by atoms with Crippen molar-refractivity contribution in [2.24, 2.45) is 0 Å². The van der Waals surface area contributed by atoms with Crippen LogP contribution < -0.4 is 0 Å². The molecule has 1 saturated heterocycles. The summed E-state index contributed by atoms with van der Waals surface area (Å²) in [5, 5.41) is 1.33. The van der Waals surface area contributed by atoms with Crippen LogP contribution in [0, 0.1) is 0 Å². The zero-order valence-electron chi connectivity index (χ0n) is 13.3. The van der Waals surface area contributed by atoms with Gasteiger partial charge in [0.25, 0.3) is 0 Å². The van der Waals surface area contributed by atoms with Gasteiger partial charge in [0.2, 0.25) is 0 Å². The molecule has 1 aliphatic rings. The summed E-state index contributed by atoms with van der Waals surface area (Å²) >= 11 is 14.4. The molecule has 3 rings (SSSR count). The molecule has 0 amide bonds. The number of H-pyrrole nitrogens is 1. The maximum Gasteiger partial charge on any atom is 0.110 e. The molecule has 2 unspecified atom stereocenters. The molecule has 0 spiro atoms. The van der Waals surface area contributed by atoms with Gasteiger partial charge in [-0.1, -0.05) is 13.0 Å². The van der Waals surface area contributed by atoms with Gasteiger partial charge in [0, 0.05) is 17.1 Å². The van der Waals surface area contributed by atoms with E-state index in [0.717, 1.165) is 19.3 Å². The summed E-state index contributed by atoms with van der Waals surface area (Å²) in [7, 11) is 2.05. The number of hydrogen-bond donors (Lipinski definition) is 4. The number of nitrogens with zero attached hydrogens (tertiary/aromatic N) is 1. The van der Waals surface area contributed by atoms with Crippen molar-refractivity contribution in [3.63, 3.8) is 0 Å². The van der Waals surface area contributed by atoms with Crippen molar-refractivity contribution in [3.8, 4) is 0 Å². The molecule has 120 valence electrons. The fraction of sp³-hybridized carbons (Fsp3) is 0.529. The van der Waals surface area contributed by atoms with Gasteiger partial charge in [-0.15, -0.1) is 25.3 Å². The van der Waals surface area contributed by atoms with Gasteiger partial charge in [0.15, 0.2) is 0 Å². The molecule has 1 N–H and O–H groups in total. The van der Waals surface area contributed by atoms with E-state index in [1.807, 2.05) is 7.05 Å². The van der Waals surface area contributed by atoms with E-state index < -0.39 is 4.20 Å². The van der Waals surface area contributed by atoms with Gasteiger partial charge in [0.05, 0.1) is 4.87 Å². The molecule has 2 nitrogen and oxygen atoms in total. The first-order valence-electron chi connectivity index (χ1n) is 7.75. The molecule has 0 saturated carbocycles. The number of likely N-dealkylation sites (tertiary alicyclic amines) is 1. The van der Waals surface area contributed by atoms with Crippen LogP contribution in [0.5, 0.6) is 0 Å². The summed E-state index contributed by atoms with van der Waals surface area (Å²) in [5.41, 5.74) is 3.94. The first-order valence-corrected chi connectivity index (χ1v) is 9.10. The Labute approximate surface area is 149 Å². The number of aryl methyl sites for hydroxylation is 1. The zero-order valence-corrected chi connectivity index (χ0v) is 16.0. The van der Waals surface area contributed by atoms with E-state index in [2.05, 4.69) is 48.1 Å². The highest BCUT2D eigenvalue weighted by molar-refractivity contribution is 8.00. The molecule has 22 heavy (non-hydrogen) atoms. The Kier molecular flexibility index (Phi) is 4.30. The maximum absolute atomic E-state index is 4.87. The lowest BCUT2D eigenvalue weighted by molar-refractivity contribution is 0.122. The molecule has 2 heterocycles. The topological polar surface area (TPSA) is 19.0 Å². The highest BCUT2D eigenvalue weighted by atomic mass is 32.2. The minimum absolute atomic E-state index is 0.224. The molecule has 1 aromatic carbocycles. The van der Waals surface area contributed by atoms with E-state index in [1.54, 1.807) is 0 Å². The maximum atomic E-state index is 4.87. The Morgan fingerprint density at radius 3 is 2.64 bits per heavy atom. The fourth-order valence-corrected chi connectivity index (χ4v) is 4.93. The largest absolute Gasteiger partial charge is 0.361 e. The number of aromatic nitrogens is 1. The van der Waals surface area contributed by atoms with E-state index >= 15 is 0 Å². The monoisotopic (exact) mass is 352 g/mol. The summed E-state index contributed by atoms with van der Waals surface area (Å²) < 4.78 is -0.453. The smallest absolute Gasteiger partial charge is 0.110 e. The third-order valence-electron chi connectivity index (χ3n) is 5.04. The van der Waals surface area contributed by atoms with E-state index in [9.17, 15) is 0 Å². The molecule has 1 aromatic heterocycles. The number of thiol groups is 3. The first-order chi connectivity index (χ1) is 10.2. The molecule has 2 aromatic rings. The van der Waals surface area contributed by atoms with Gasteiger partial charge in [-0.25, -0.2) is 0 Å². The van der Waals surface area contributed by atoms with Crippen LogP contribution in [0.15, 0.2) is 24.4 Å². The molecule has 1 aliphatic heterocycles. The van der Waals surface area contributed by atoms with E-state index in [1.165, 1.54) is 22.0 Å². The SMILES string of the molecule is CCc1ccc2[nH]cc(C3CC(C)(S)N(C)C(S)(S)C3)c2c1. The van der Waals surface area contributed by atoms with Crippen LogP contribution in [0.3, 0.4) is 0 Å². The number of piperidine rings is 1. The van der Waals surface area contributed by atoms with Crippen molar-refractivity contribution in [1.82, 2.24) is 9.88 Å². The lowest BCUT2D eigenvalue weighted by Crippen LogP contribution is -2.54. The fourth-order valence-electron chi connectivity index (χ4n) is 3.50. The van der Waals surface area contributed by atoms with Crippen LogP contribution in [0.1, 0.15) is 43.7 Å². The molecule has 0 bridgehead atoms. The molecule has 5 heteroatoms. The van der Waals surface area contributed by atoms with Gasteiger partial charge < -0.3 is 4.98 Å². The zero-order chi connectivity index (χ0) is 16.1. The molecule has 1 fully saturated rings. The van der Waals surface area contributed by atoms with Gasteiger partial charge in [0.1, 0.15) is 4.20 Å². The van der Waals surface area contributed by atoms with Crippen LogP contribution in [0.4, 0.5) is 0 Å². The quantitative estimate of drug-likeness (QED) is 0.456. The van der Waals surface area contributed by atoms with Gasteiger partial charge in [-0.2, -0.15) is 12.6 Å². The number of aromatic amines is 1. The van der Waals surface area contributed by atoms with Crippen molar-refractivity contribution in [2.45, 2.75) is 48.1 Å². The van der Waals surface area contributed by atoms with Crippen molar-refractivity contribution >= 4 is 48.8 Å².